The lowest BCUT2D eigenvalue weighted by molar-refractivity contribution is 0.580. The Balaban J connectivity index is 1.66. The number of benzene rings is 2. The topological polar surface area (TPSA) is 98.1 Å². The molecule has 3 aromatic rings. The van der Waals surface area contributed by atoms with E-state index in [2.05, 4.69) is 9.71 Å². The van der Waals surface area contributed by atoms with Crippen LogP contribution in [0.2, 0.25) is 0 Å². The molecule has 0 aliphatic carbocycles. The fraction of sp³-hybridized carbons (Fsp3) is 0.211. The van der Waals surface area contributed by atoms with Crippen LogP contribution in [-0.4, -0.2) is 32.3 Å². The van der Waals surface area contributed by atoms with Crippen LogP contribution in [0.3, 0.4) is 0 Å². The van der Waals surface area contributed by atoms with E-state index in [1.165, 1.54) is 12.5 Å². The molecule has 9 heteroatoms. The SMILES string of the molecule is Cc1ccc(S(=O)(=O)NCCc2cn(S(=O)(=O)c3ccc(C)cc3)cn2)cc1. The van der Waals surface area contributed by atoms with Gasteiger partial charge >= 0.3 is 0 Å². The molecule has 0 unspecified atom stereocenters. The van der Waals surface area contributed by atoms with Crippen molar-refractivity contribution in [2.24, 2.45) is 0 Å². The van der Waals surface area contributed by atoms with E-state index in [0.717, 1.165) is 15.1 Å². The van der Waals surface area contributed by atoms with Crippen molar-refractivity contribution < 1.29 is 16.8 Å². The highest BCUT2D eigenvalue weighted by atomic mass is 32.2. The average molecular weight is 420 g/mol. The van der Waals surface area contributed by atoms with Gasteiger partial charge in [0, 0.05) is 19.2 Å². The molecule has 1 heterocycles. The van der Waals surface area contributed by atoms with E-state index < -0.39 is 20.0 Å². The first-order chi connectivity index (χ1) is 13.2. The molecule has 0 bridgehead atoms. The highest BCUT2D eigenvalue weighted by Gasteiger charge is 2.18. The maximum absolute atomic E-state index is 12.6. The van der Waals surface area contributed by atoms with E-state index in [-0.39, 0.29) is 22.8 Å². The van der Waals surface area contributed by atoms with Gasteiger partial charge < -0.3 is 0 Å². The Morgan fingerprint density at radius 3 is 1.96 bits per heavy atom. The molecule has 7 nitrogen and oxygen atoms in total. The molecule has 0 spiro atoms. The number of aryl methyl sites for hydroxylation is 2. The molecule has 0 aliphatic rings. The minimum absolute atomic E-state index is 0.109. The van der Waals surface area contributed by atoms with E-state index in [0.29, 0.717) is 5.69 Å². The summed E-state index contributed by atoms with van der Waals surface area (Å²) in [5.74, 6) is 0. The van der Waals surface area contributed by atoms with Gasteiger partial charge in [0.1, 0.15) is 6.33 Å². The largest absolute Gasteiger partial charge is 0.268 e. The van der Waals surface area contributed by atoms with Crippen LogP contribution >= 0.6 is 0 Å². The van der Waals surface area contributed by atoms with E-state index >= 15 is 0 Å². The first-order valence-electron chi connectivity index (χ1n) is 8.60. The van der Waals surface area contributed by atoms with Crippen LogP contribution in [0.1, 0.15) is 16.8 Å². The van der Waals surface area contributed by atoms with Crippen LogP contribution in [0.15, 0.2) is 70.8 Å². The van der Waals surface area contributed by atoms with Crippen molar-refractivity contribution in [3.05, 3.63) is 77.9 Å². The van der Waals surface area contributed by atoms with Crippen LogP contribution in [0.5, 0.6) is 0 Å². The van der Waals surface area contributed by atoms with Gasteiger partial charge in [0.25, 0.3) is 10.0 Å². The fourth-order valence-corrected chi connectivity index (χ4v) is 4.74. The third kappa shape index (κ3) is 4.49. The summed E-state index contributed by atoms with van der Waals surface area (Å²) in [4.78, 5) is 4.43. The second-order valence-electron chi connectivity index (χ2n) is 6.47. The Bertz CT molecular complexity index is 1160. The molecule has 148 valence electrons. The number of rotatable bonds is 7. The quantitative estimate of drug-likeness (QED) is 0.633. The van der Waals surface area contributed by atoms with Crippen LogP contribution < -0.4 is 4.72 Å². The summed E-state index contributed by atoms with van der Waals surface area (Å²) in [5, 5.41) is 0. The second kappa shape index (κ2) is 7.86. The molecule has 0 amide bonds. The zero-order valence-corrected chi connectivity index (χ0v) is 17.2. The Hall–Kier alpha value is -2.49. The first-order valence-corrected chi connectivity index (χ1v) is 11.5. The summed E-state index contributed by atoms with van der Waals surface area (Å²) < 4.78 is 53.3. The molecule has 2 aromatic carbocycles. The Morgan fingerprint density at radius 2 is 1.39 bits per heavy atom. The molecule has 1 N–H and O–H groups in total. The van der Waals surface area contributed by atoms with Gasteiger partial charge in [-0.1, -0.05) is 35.4 Å². The van der Waals surface area contributed by atoms with E-state index in [9.17, 15) is 16.8 Å². The molecule has 0 radical (unpaired) electrons. The Morgan fingerprint density at radius 1 is 0.857 bits per heavy atom. The number of nitrogens with one attached hydrogen (secondary N) is 1. The number of nitrogens with zero attached hydrogens (tertiary/aromatic N) is 2. The van der Waals surface area contributed by atoms with E-state index in [4.69, 9.17) is 0 Å². The van der Waals surface area contributed by atoms with Crippen LogP contribution in [0.4, 0.5) is 0 Å². The van der Waals surface area contributed by atoms with Crippen LogP contribution in [0.25, 0.3) is 0 Å². The third-order valence-corrected chi connectivity index (χ3v) is 7.31. The molecule has 0 aliphatic heterocycles. The van der Waals surface area contributed by atoms with Gasteiger partial charge in [0.2, 0.25) is 10.0 Å². The summed E-state index contributed by atoms with van der Waals surface area (Å²) in [6.07, 6.45) is 2.88. The maximum atomic E-state index is 12.6. The summed E-state index contributed by atoms with van der Waals surface area (Å²) in [5.41, 5.74) is 2.41. The van der Waals surface area contributed by atoms with Crippen molar-refractivity contribution in [1.29, 1.82) is 0 Å². The Labute approximate surface area is 165 Å². The summed E-state index contributed by atoms with van der Waals surface area (Å²) >= 11 is 0. The lowest BCUT2D eigenvalue weighted by Gasteiger charge is -2.06. The number of aromatic nitrogens is 2. The number of hydrogen-bond acceptors (Lipinski definition) is 5. The van der Waals surface area contributed by atoms with Crippen molar-refractivity contribution in [1.82, 2.24) is 13.7 Å². The average Bonchev–Trinajstić information content (AvgIpc) is 3.12. The molecule has 28 heavy (non-hydrogen) atoms. The van der Waals surface area contributed by atoms with Crippen molar-refractivity contribution in [2.45, 2.75) is 30.1 Å². The van der Waals surface area contributed by atoms with Gasteiger partial charge in [-0.15, -0.1) is 0 Å². The molecular formula is C19H21N3O4S2. The van der Waals surface area contributed by atoms with Crippen LogP contribution in [0, 0.1) is 13.8 Å². The molecule has 0 saturated heterocycles. The minimum Gasteiger partial charge on any atom is -0.241 e. The second-order valence-corrected chi connectivity index (χ2v) is 10.1. The van der Waals surface area contributed by atoms with Crippen molar-refractivity contribution in [3.63, 3.8) is 0 Å². The Kier molecular flexibility index (Phi) is 5.69. The van der Waals surface area contributed by atoms with Gasteiger partial charge in [-0.3, -0.25) is 0 Å². The van der Waals surface area contributed by atoms with Gasteiger partial charge in [0.15, 0.2) is 0 Å². The first kappa shape index (κ1) is 20.2. The molecule has 1 aromatic heterocycles. The lowest BCUT2D eigenvalue weighted by atomic mass is 10.2. The summed E-state index contributed by atoms with van der Waals surface area (Å²) in [6, 6.07) is 13.1. The van der Waals surface area contributed by atoms with Gasteiger partial charge in [-0.2, -0.15) is 0 Å². The third-order valence-electron chi connectivity index (χ3n) is 4.21. The highest BCUT2D eigenvalue weighted by molar-refractivity contribution is 7.90. The van der Waals surface area contributed by atoms with Gasteiger partial charge in [-0.25, -0.2) is 30.5 Å². The molecular weight excluding hydrogens is 398 g/mol. The smallest absolute Gasteiger partial charge is 0.241 e. The number of sulfonamides is 1. The fourth-order valence-electron chi connectivity index (χ4n) is 2.55. The monoisotopic (exact) mass is 419 g/mol. The van der Waals surface area contributed by atoms with Gasteiger partial charge in [-0.05, 0) is 38.1 Å². The summed E-state index contributed by atoms with van der Waals surface area (Å²) in [6.45, 7) is 3.87. The van der Waals surface area contributed by atoms with Crippen molar-refractivity contribution in [3.8, 4) is 0 Å². The van der Waals surface area contributed by atoms with Gasteiger partial charge in [0.05, 0.1) is 15.5 Å². The zero-order valence-electron chi connectivity index (χ0n) is 15.5. The highest BCUT2D eigenvalue weighted by Crippen LogP contribution is 2.15. The zero-order chi connectivity index (χ0) is 20.4. The lowest BCUT2D eigenvalue weighted by Crippen LogP contribution is -2.26. The standard InChI is InChI=1S/C19H21N3O4S2/c1-15-3-7-18(8-4-15)27(23,24)21-12-11-17-13-22(14-20-17)28(25,26)19-9-5-16(2)6-10-19/h3-10,13-14,21H,11-12H2,1-2H3. The molecule has 0 atom stereocenters. The van der Waals surface area contributed by atoms with Crippen molar-refractivity contribution >= 4 is 20.0 Å². The van der Waals surface area contributed by atoms with E-state index in [1.54, 1.807) is 48.5 Å². The normalized spacial score (nSPS) is 12.2. The molecule has 0 saturated carbocycles. The van der Waals surface area contributed by atoms with Crippen molar-refractivity contribution in [2.75, 3.05) is 6.54 Å². The predicted molar refractivity (Wildman–Crippen MR) is 106 cm³/mol. The number of imidazole rings is 1. The minimum atomic E-state index is -3.72. The maximum Gasteiger partial charge on any atom is 0.268 e. The predicted octanol–water partition coefficient (Wildman–Crippen LogP) is 2.26. The van der Waals surface area contributed by atoms with E-state index in [1.807, 2.05) is 13.8 Å². The number of hydrogen-bond donors (Lipinski definition) is 1. The molecule has 0 fully saturated rings. The summed E-state index contributed by atoms with van der Waals surface area (Å²) in [7, 11) is -7.34. The molecule has 3 rings (SSSR count). The van der Waals surface area contributed by atoms with Crippen LogP contribution in [-0.2, 0) is 26.5 Å².